The molecular formula is C12H16ClN3. The average molecular weight is 238 g/mol. The van der Waals surface area contributed by atoms with Crippen molar-refractivity contribution in [1.82, 2.24) is 9.97 Å². The van der Waals surface area contributed by atoms with Gasteiger partial charge in [-0.3, -0.25) is 0 Å². The van der Waals surface area contributed by atoms with Crippen LogP contribution in [0.4, 0.5) is 5.82 Å². The normalized spacial score (nSPS) is 28.5. The van der Waals surface area contributed by atoms with Crippen molar-refractivity contribution in [3.05, 3.63) is 17.0 Å². The molecule has 2 unspecified atom stereocenters. The van der Waals surface area contributed by atoms with Crippen LogP contribution >= 0.6 is 11.6 Å². The van der Waals surface area contributed by atoms with Gasteiger partial charge in [0.05, 0.1) is 0 Å². The molecule has 1 aromatic heterocycles. The molecule has 2 fully saturated rings. The molecular weight excluding hydrogens is 222 g/mol. The van der Waals surface area contributed by atoms with E-state index >= 15 is 0 Å². The molecule has 2 aliphatic rings. The van der Waals surface area contributed by atoms with Crippen LogP contribution in [0.3, 0.4) is 0 Å². The SMILES string of the molecule is Cc1cc(N2CC3CCCC3C2)nc(Cl)n1. The zero-order valence-corrected chi connectivity index (χ0v) is 10.2. The molecule has 0 spiro atoms. The number of hydrogen-bond acceptors (Lipinski definition) is 3. The number of hydrogen-bond donors (Lipinski definition) is 0. The van der Waals surface area contributed by atoms with Crippen molar-refractivity contribution < 1.29 is 0 Å². The summed E-state index contributed by atoms with van der Waals surface area (Å²) in [6, 6.07) is 2.03. The van der Waals surface area contributed by atoms with Gasteiger partial charge in [0.25, 0.3) is 0 Å². The average Bonchev–Trinajstić information content (AvgIpc) is 2.74. The lowest BCUT2D eigenvalue weighted by molar-refractivity contribution is 0.494. The number of aromatic nitrogens is 2. The molecule has 0 aromatic carbocycles. The Labute approximate surface area is 101 Å². The van der Waals surface area contributed by atoms with Crippen LogP contribution in [0.15, 0.2) is 6.07 Å². The smallest absolute Gasteiger partial charge is 0.224 e. The molecule has 0 N–H and O–H groups in total. The van der Waals surface area contributed by atoms with E-state index in [1.54, 1.807) is 0 Å². The minimum Gasteiger partial charge on any atom is -0.356 e. The predicted molar refractivity (Wildman–Crippen MR) is 64.8 cm³/mol. The molecule has 1 aromatic rings. The fourth-order valence-corrected chi connectivity index (χ4v) is 3.32. The Morgan fingerprint density at radius 2 is 1.94 bits per heavy atom. The first-order valence-electron chi connectivity index (χ1n) is 5.98. The summed E-state index contributed by atoms with van der Waals surface area (Å²) in [6.07, 6.45) is 4.19. The van der Waals surface area contributed by atoms with Gasteiger partial charge < -0.3 is 4.90 Å². The Kier molecular flexibility index (Phi) is 2.51. The molecule has 4 heteroatoms. The van der Waals surface area contributed by atoms with Crippen molar-refractivity contribution >= 4 is 17.4 Å². The van der Waals surface area contributed by atoms with Crippen LogP contribution in [0.5, 0.6) is 0 Å². The van der Waals surface area contributed by atoms with Gasteiger partial charge >= 0.3 is 0 Å². The van der Waals surface area contributed by atoms with E-state index in [9.17, 15) is 0 Å². The zero-order chi connectivity index (χ0) is 11.1. The minimum absolute atomic E-state index is 0.368. The topological polar surface area (TPSA) is 29.0 Å². The molecule has 0 amide bonds. The maximum atomic E-state index is 5.90. The number of aryl methyl sites for hydroxylation is 1. The quantitative estimate of drug-likeness (QED) is 0.704. The molecule has 0 bridgehead atoms. The van der Waals surface area contributed by atoms with E-state index in [1.165, 1.54) is 19.3 Å². The molecule has 1 aliphatic carbocycles. The Bertz CT molecular complexity index is 375. The Morgan fingerprint density at radius 1 is 1.25 bits per heavy atom. The summed E-state index contributed by atoms with van der Waals surface area (Å²) in [5, 5.41) is 0.368. The molecule has 16 heavy (non-hydrogen) atoms. The van der Waals surface area contributed by atoms with Gasteiger partial charge in [-0.1, -0.05) is 6.42 Å². The van der Waals surface area contributed by atoms with Crippen LogP contribution in [0.1, 0.15) is 25.0 Å². The minimum atomic E-state index is 0.368. The van der Waals surface area contributed by atoms with E-state index in [-0.39, 0.29) is 0 Å². The largest absolute Gasteiger partial charge is 0.356 e. The zero-order valence-electron chi connectivity index (χ0n) is 9.49. The van der Waals surface area contributed by atoms with Crippen LogP contribution in [-0.4, -0.2) is 23.1 Å². The summed E-state index contributed by atoms with van der Waals surface area (Å²) in [6.45, 7) is 4.27. The second-order valence-corrected chi connectivity index (χ2v) is 5.33. The van der Waals surface area contributed by atoms with Gasteiger partial charge in [0.1, 0.15) is 5.82 Å². The van der Waals surface area contributed by atoms with Crippen molar-refractivity contribution in [3.63, 3.8) is 0 Å². The maximum Gasteiger partial charge on any atom is 0.224 e. The molecule has 86 valence electrons. The fourth-order valence-electron chi connectivity index (χ4n) is 3.10. The van der Waals surface area contributed by atoms with Crippen molar-refractivity contribution in [2.24, 2.45) is 11.8 Å². The monoisotopic (exact) mass is 237 g/mol. The fraction of sp³-hybridized carbons (Fsp3) is 0.667. The molecule has 2 heterocycles. The summed E-state index contributed by atoms with van der Waals surface area (Å²) in [7, 11) is 0. The number of rotatable bonds is 1. The highest BCUT2D eigenvalue weighted by Crippen LogP contribution is 2.39. The van der Waals surface area contributed by atoms with Gasteiger partial charge in [-0.25, -0.2) is 9.97 Å². The third-order valence-electron chi connectivity index (χ3n) is 3.86. The van der Waals surface area contributed by atoms with Gasteiger partial charge in [-0.15, -0.1) is 0 Å². The summed E-state index contributed by atoms with van der Waals surface area (Å²) in [5.41, 5.74) is 0.951. The van der Waals surface area contributed by atoms with Crippen molar-refractivity contribution in [2.75, 3.05) is 18.0 Å². The van der Waals surface area contributed by atoms with Crippen LogP contribution in [0.25, 0.3) is 0 Å². The third kappa shape index (κ3) is 1.77. The van der Waals surface area contributed by atoms with E-state index in [4.69, 9.17) is 11.6 Å². The van der Waals surface area contributed by atoms with E-state index < -0.39 is 0 Å². The number of nitrogens with zero attached hydrogens (tertiary/aromatic N) is 3. The highest BCUT2D eigenvalue weighted by atomic mass is 35.5. The predicted octanol–water partition coefficient (Wildman–Crippen LogP) is 2.67. The van der Waals surface area contributed by atoms with E-state index in [2.05, 4.69) is 14.9 Å². The first-order chi connectivity index (χ1) is 7.72. The summed E-state index contributed by atoms with van der Waals surface area (Å²) in [5.74, 6) is 2.77. The first-order valence-corrected chi connectivity index (χ1v) is 6.36. The molecule has 3 rings (SSSR count). The second kappa shape index (κ2) is 3.88. The van der Waals surface area contributed by atoms with Crippen molar-refractivity contribution in [2.45, 2.75) is 26.2 Å². The Balaban J connectivity index is 1.83. The van der Waals surface area contributed by atoms with Gasteiger partial charge in [-0.05, 0) is 43.2 Å². The van der Waals surface area contributed by atoms with E-state index in [0.717, 1.165) is 36.4 Å². The summed E-state index contributed by atoms with van der Waals surface area (Å²) in [4.78, 5) is 10.8. The van der Waals surface area contributed by atoms with Gasteiger partial charge in [0.15, 0.2) is 0 Å². The first kappa shape index (κ1) is 10.3. The van der Waals surface area contributed by atoms with Crippen LogP contribution in [-0.2, 0) is 0 Å². The summed E-state index contributed by atoms with van der Waals surface area (Å²) >= 11 is 5.90. The number of anilines is 1. The Morgan fingerprint density at radius 3 is 2.56 bits per heavy atom. The summed E-state index contributed by atoms with van der Waals surface area (Å²) < 4.78 is 0. The third-order valence-corrected chi connectivity index (χ3v) is 4.03. The van der Waals surface area contributed by atoms with Crippen LogP contribution < -0.4 is 4.90 Å². The molecule has 2 atom stereocenters. The maximum absolute atomic E-state index is 5.90. The van der Waals surface area contributed by atoms with E-state index in [1.807, 2.05) is 13.0 Å². The Hall–Kier alpha value is -0.830. The van der Waals surface area contributed by atoms with Crippen molar-refractivity contribution in [1.29, 1.82) is 0 Å². The molecule has 0 radical (unpaired) electrons. The molecule has 3 nitrogen and oxygen atoms in total. The van der Waals surface area contributed by atoms with Crippen LogP contribution in [0.2, 0.25) is 5.28 Å². The van der Waals surface area contributed by atoms with Gasteiger partial charge in [0.2, 0.25) is 5.28 Å². The highest BCUT2D eigenvalue weighted by Gasteiger charge is 2.36. The lowest BCUT2D eigenvalue weighted by Crippen LogP contribution is -2.22. The molecule has 1 aliphatic heterocycles. The van der Waals surface area contributed by atoms with Gasteiger partial charge in [0, 0.05) is 24.8 Å². The van der Waals surface area contributed by atoms with Crippen molar-refractivity contribution in [3.8, 4) is 0 Å². The molecule has 1 saturated carbocycles. The van der Waals surface area contributed by atoms with Gasteiger partial charge in [-0.2, -0.15) is 0 Å². The van der Waals surface area contributed by atoms with E-state index in [0.29, 0.717) is 5.28 Å². The lowest BCUT2D eigenvalue weighted by atomic mass is 10.0. The second-order valence-electron chi connectivity index (χ2n) is 4.99. The highest BCUT2D eigenvalue weighted by molar-refractivity contribution is 6.28. The molecule has 1 saturated heterocycles. The number of halogens is 1. The standard InChI is InChI=1S/C12H16ClN3/c1-8-5-11(15-12(13)14-8)16-6-9-3-2-4-10(9)7-16/h5,9-10H,2-4,6-7H2,1H3. The lowest BCUT2D eigenvalue weighted by Gasteiger charge is -2.18. The number of fused-ring (bicyclic) bond motifs is 1. The van der Waals surface area contributed by atoms with Crippen LogP contribution in [0, 0.1) is 18.8 Å².